The number of ether oxygens (including phenoxy) is 2. The van der Waals surface area contributed by atoms with E-state index in [4.69, 9.17) is 14.5 Å². The summed E-state index contributed by atoms with van der Waals surface area (Å²) in [5, 5.41) is 11.7. The minimum Gasteiger partial charge on any atom is -0.507 e. The zero-order chi connectivity index (χ0) is 29.9. The number of pyridine rings is 1. The Morgan fingerprint density at radius 1 is 1.19 bits per heavy atom. The SMILES string of the molecule is COc1ccc(COC(=O)C2=C(Sc3nc(-c4cc[n+](C)cc4)cs3)CSC3[C@H](N=Cc4ccccc4O)C(=O)N23)cc1. The number of hydrogen-bond donors (Lipinski definition) is 1. The molecule has 2 aromatic heterocycles. The van der Waals surface area contributed by atoms with Gasteiger partial charge in [0.15, 0.2) is 22.8 Å². The van der Waals surface area contributed by atoms with Gasteiger partial charge in [-0.15, -0.1) is 23.1 Å². The summed E-state index contributed by atoms with van der Waals surface area (Å²) in [5.41, 5.74) is 3.39. The number of benzene rings is 2. The van der Waals surface area contributed by atoms with Gasteiger partial charge in [0, 0.05) is 45.5 Å². The molecule has 0 spiro atoms. The number of aliphatic imine (C=N–C) groups is 1. The summed E-state index contributed by atoms with van der Waals surface area (Å²) in [5.74, 6) is 0.407. The van der Waals surface area contributed by atoms with Crippen molar-refractivity contribution in [3.05, 3.63) is 100 Å². The smallest absolute Gasteiger partial charge is 0.356 e. The molecule has 0 bridgehead atoms. The Hall–Kier alpha value is -4.13. The third kappa shape index (κ3) is 6.17. The minimum atomic E-state index is -0.675. The summed E-state index contributed by atoms with van der Waals surface area (Å²) in [6.07, 6.45) is 5.44. The second-order valence-electron chi connectivity index (χ2n) is 9.74. The van der Waals surface area contributed by atoms with Crippen LogP contribution in [-0.4, -0.2) is 57.4 Å². The van der Waals surface area contributed by atoms with Gasteiger partial charge >= 0.3 is 5.97 Å². The molecule has 2 aliphatic heterocycles. The van der Waals surface area contributed by atoms with Gasteiger partial charge in [-0.1, -0.05) is 36.0 Å². The van der Waals surface area contributed by atoms with Gasteiger partial charge in [0.25, 0.3) is 5.91 Å². The number of carbonyl (C=O) groups excluding carboxylic acids is 2. The summed E-state index contributed by atoms with van der Waals surface area (Å²) < 4.78 is 13.7. The van der Waals surface area contributed by atoms with E-state index in [2.05, 4.69) is 4.99 Å². The maximum Gasteiger partial charge on any atom is 0.356 e. The molecule has 9 nitrogen and oxygen atoms in total. The minimum absolute atomic E-state index is 0.0474. The van der Waals surface area contributed by atoms with Gasteiger partial charge in [-0.2, -0.15) is 0 Å². The van der Waals surface area contributed by atoms with Crippen molar-refractivity contribution in [3.8, 4) is 22.8 Å². The number of esters is 1. The third-order valence-corrected chi connectivity index (χ3v) is 10.4. The van der Waals surface area contributed by atoms with E-state index in [0.717, 1.165) is 21.2 Å². The number of para-hydroxylation sites is 1. The standard InChI is InChI=1S/C31H26N4O5S3/c1-34-13-11-20(12-14-34)23-17-42-31(33-23)43-25-18-41-29-26(32-15-21-5-3-4-6-24(21)36)28(37)35(29)27(25)30(38)40-16-19-7-9-22(39-2)10-8-19/h3-15,17,26,29H,16,18H2,1-2H3/p+1/t26-,29?/m1/s1. The first-order chi connectivity index (χ1) is 20.9. The topological polar surface area (TPSA) is 105 Å². The summed E-state index contributed by atoms with van der Waals surface area (Å²) in [7, 11) is 3.55. The summed E-state index contributed by atoms with van der Waals surface area (Å²) >= 11 is 4.40. The zero-order valence-electron chi connectivity index (χ0n) is 23.2. The molecule has 4 heterocycles. The lowest BCUT2D eigenvalue weighted by Crippen LogP contribution is -2.64. The quantitative estimate of drug-likeness (QED) is 0.122. The molecule has 0 radical (unpaired) electrons. The van der Waals surface area contributed by atoms with Crippen LogP contribution >= 0.6 is 34.9 Å². The number of rotatable bonds is 9. The number of methoxy groups -OCH3 is 1. The van der Waals surface area contributed by atoms with Gasteiger partial charge < -0.3 is 14.6 Å². The van der Waals surface area contributed by atoms with Crippen LogP contribution in [0, 0.1) is 0 Å². The largest absolute Gasteiger partial charge is 0.507 e. The average Bonchev–Trinajstić information content (AvgIpc) is 3.49. The predicted octanol–water partition coefficient (Wildman–Crippen LogP) is 4.80. The van der Waals surface area contributed by atoms with E-state index in [0.29, 0.717) is 22.0 Å². The molecule has 6 rings (SSSR count). The number of thiazole rings is 1. The van der Waals surface area contributed by atoms with Gasteiger partial charge in [-0.3, -0.25) is 14.7 Å². The molecule has 4 aromatic rings. The van der Waals surface area contributed by atoms with Crippen LogP contribution in [0.2, 0.25) is 0 Å². The van der Waals surface area contributed by atoms with Crippen molar-refractivity contribution >= 4 is 53.0 Å². The number of carbonyl (C=O) groups is 2. The molecule has 1 unspecified atom stereocenters. The van der Waals surface area contributed by atoms with Crippen LogP contribution < -0.4 is 9.30 Å². The van der Waals surface area contributed by atoms with Crippen LogP contribution in [0.4, 0.5) is 0 Å². The molecule has 1 saturated heterocycles. The number of thioether (sulfide) groups is 2. The van der Waals surface area contributed by atoms with Crippen molar-refractivity contribution in [1.29, 1.82) is 0 Å². The molecule has 1 amide bonds. The van der Waals surface area contributed by atoms with Crippen LogP contribution in [0.1, 0.15) is 11.1 Å². The van der Waals surface area contributed by atoms with Gasteiger partial charge in [-0.25, -0.2) is 14.3 Å². The number of phenols is 1. The van der Waals surface area contributed by atoms with Crippen molar-refractivity contribution in [2.45, 2.75) is 22.4 Å². The van der Waals surface area contributed by atoms with E-state index in [1.165, 1.54) is 46.0 Å². The molecule has 12 heteroatoms. The molecule has 1 fully saturated rings. The lowest BCUT2D eigenvalue weighted by molar-refractivity contribution is -0.671. The normalized spacial score (nSPS) is 18.0. The van der Waals surface area contributed by atoms with E-state index in [1.54, 1.807) is 43.5 Å². The number of amides is 1. The fourth-order valence-electron chi connectivity index (χ4n) is 4.55. The first kappa shape index (κ1) is 29.0. The van der Waals surface area contributed by atoms with E-state index in [-0.39, 0.29) is 29.3 Å². The lowest BCUT2D eigenvalue weighted by Gasteiger charge is -2.47. The molecule has 218 valence electrons. The maximum atomic E-state index is 13.6. The molecule has 0 saturated carbocycles. The van der Waals surface area contributed by atoms with Crippen LogP contribution in [-0.2, 0) is 28.0 Å². The Kier molecular flexibility index (Phi) is 8.50. The number of nitrogens with zero attached hydrogens (tertiary/aromatic N) is 4. The van der Waals surface area contributed by atoms with Crippen LogP contribution in [0.25, 0.3) is 11.3 Å². The fraction of sp³-hybridized carbons (Fsp3) is 0.194. The van der Waals surface area contributed by atoms with Crippen molar-refractivity contribution < 1.29 is 28.7 Å². The Morgan fingerprint density at radius 2 is 1.95 bits per heavy atom. The van der Waals surface area contributed by atoms with Crippen molar-refractivity contribution in [2.75, 3.05) is 12.9 Å². The first-order valence-corrected chi connectivity index (χ1v) is 16.0. The first-order valence-electron chi connectivity index (χ1n) is 13.3. The summed E-state index contributed by atoms with van der Waals surface area (Å²) in [6.45, 7) is 0.0474. The number of aryl methyl sites for hydroxylation is 1. The summed E-state index contributed by atoms with van der Waals surface area (Å²) in [4.78, 5) is 38.5. The second-order valence-corrected chi connectivity index (χ2v) is 13.0. The van der Waals surface area contributed by atoms with Crippen LogP contribution in [0.3, 0.4) is 0 Å². The highest BCUT2D eigenvalue weighted by atomic mass is 32.2. The van der Waals surface area contributed by atoms with Gasteiger partial charge in [0.05, 0.1) is 12.8 Å². The van der Waals surface area contributed by atoms with E-state index in [1.807, 2.05) is 53.7 Å². The molecular formula is C31H27N4O5S3+. The number of phenolic OH excluding ortho intramolecular Hbond substituents is 1. The van der Waals surface area contributed by atoms with Crippen molar-refractivity contribution in [2.24, 2.45) is 12.0 Å². The molecular weight excluding hydrogens is 605 g/mol. The Bertz CT molecular complexity index is 1720. The second kappa shape index (κ2) is 12.6. The number of aromatic hydroxyl groups is 1. The molecule has 2 atom stereocenters. The average molecular weight is 632 g/mol. The van der Waals surface area contributed by atoms with Crippen LogP contribution in [0.5, 0.6) is 11.5 Å². The monoisotopic (exact) mass is 631 g/mol. The molecule has 2 aromatic carbocycles. The third-order valence-electron chi connectivity index (χ3n) is 6.91. The van der Waals surface area contributed by atoms with Crippen molar-refractivity contribution in [1.82, 2.24) is 9.88 Å². The van der Waals surface area contributed by atoms with Gasteiger partial charge in [0.2, 0.25) is 0 Å². The van der Waals surface area contributed by atoms with Gasteiger partial charge in [-0.05, 0) is 29.8 Å². The Balaban J connectivity index is 1.25. The maximum absolute atomic E-state index is 13.6. The number of fused-ring (bicyclic) bond motifs is 1. The fourth-order valence-corrected chi connectivity index (χ4v) is 8.00. The number of β-lactam (4-membered cyclic amide) rings is 1. The van der Waals surface area contributed by atoms with Gasteiger partial charge in [0.1, 0.15) is 36.2 Å². The number of aromatic nitrogens is 2. The molecule has 43 heavy (non-hydrogen) atoms. The highest BCUT2D eigenvalue weighted by Gasteiger charge is 2.54. The van der Waals surface area contributed by atoms with Crippen molar-refractivity contribution in [3.63, 3.8) is 0 Å². The molecule has 1 N–H and O–H groups in total. The highest BCUT2D eigenvalue weighted by Crippen LogP contribution is 2.47. The number of hydrogen-bond acceptors (Lipinski definition) is 10. The predicted molar refractivity (Wildman–Crippen MR) is 167 cm³/mol. The van der Waals surface area contributed by atoms with E-state index in [9.17, 15) is 14.7 Å². The Morgan fingerprint density at radius 3 is 2.70 bits per heavy atom. The van der Waals surface area contributed by atoms with Crippen LogP contribution in [0.15, 0.2) is 98.4 Å². The molecule has 0 aliphatic carbocycles. The lowest BCUT2D eigenvalue weighted by atomic mass is 10.1. The highest BCUT2D eigenvalue weighted by molar-refractivity contribution is 8.07. The van der Waals surface area contributed by atoms with E-state index < -0.39 is 12.0 Å². The summed E-state index contributed by atoms with van der Waals surface area (Å²) in [6, 6.07) is 17.4. The van der Waals surface area contributed by atoms with E-state index >= 15 is 0 Å². The molecule has 2 aliphatic rings. The zero-order valence-corrected chi connectivity index (χ0v) is 25.7. The Labute approximate surface area is 260 Å².